The summed E-state index contributed by atoms with van der Waals surface area (Å²) in [5.74, 6) is 2.35. The Labute approximate surface area is 178 Å². The lowest BCUT2D eigenvalue weighted by Crippen LogP contribution is -2.50. The summed E-state index contributed by atoms with van der Waals surface area (Å²) in [6.45, 7) is 5.24. The number of hydrogen-bond donors (Lipinski definition) is 2. The normalized spacial score (nSPS) is 17.1. The monoisotopic (exact) mass is 425 g/mol. The topological polar surface area (TPSA) is 133 Å². The number of H-pyrrole nitrogens is 1. The first-order valence-corrected chi connectivity index (χ1v) is 10.2. The molecule has 13 heteroatoms. The van der Waals surface area contributed by atoms with Gasteiger partial charge in [0.05, 0.1) is 13.2 Å². The third-order valence-corrected chi connectivity index (χ3v) is 5.26. The average molecular weight is 425 g/mol. The molecule has 31 heavy (non-hydrogen) atoms. The number of nitrogens with zero attached hydrogens (tertiary/aromatic N) is 9. The number of anilines is 3. The van der Waals surface area contributed by atoms with Crippen molar-refractivity contribution in [1.29, 1.82) is 0 Å². The van der Waals surface area contributed by atoms with Crippen molar-refractivity contribution in [2.75, 3.05) is 67.6 Å². The first-order valence-electron chi connectivity index (χ1n) is 10.2. The Morgan fingerprint density at radius 3 is 2.48 bits per heavy atom. The zero-order valence-electron chi connectivity index (χ0n) is 16.9. The number of aromatic amines is 1. The molecule has 5 heterocycles. The van der Waals surface area contributed by atoms with Crippen LogP contribution in [0.4, 0.5) is 22.5 Å². The van der Waals surface area contributed by atoms with E-state index < -0.39 is 0 Å². The highest BCUT2D eigenvalue weighted by Crippen LogP contribution is 2.15. The van der Waals surface area contributed by atoms with Gasteiger partial charge in [0.1, 0.15) is 0 Å². The first-order chi connectivity index (χ1) is 15.3. The molecule has 162 valence electrons. The largest absolute Gasteiger partial charge is 0.378 e. The van der Waals surface area contributed by atoms with E-state index in [1.54, 1.807) is 15.8 Å². The molecule has 0 aromatic carbocycles. The van der Waals surface area contributed by atoms with Crippen molar-refractivity contribution in [3.63, 3.8) is 0 Å². The van der Waals surface area contributed by atoms with Crippen LogP contribution in [0.15, 0.2) is 30.6 Å². The van der Waals surface area contributed by atoms with Crippen LogP contribution in [0.3, 0.4) is 0 Å². The van der Waals surface area contributed by atoms with Gasteiger partial charge >= 0.3 is 6.03 Å². The highest BCUT2D eigenvalue weighted by Gasteiger charge is 2.23. The van der Waals surface area contributed by atoms with Gasteiger partial charge in [-0.15, -0.1) is 15.3 Å². The minimum atomic E-state index is -0.204. The highest BCUT2D eigenvalue weighted by molar-refractivity contribution is 5.87. The molecular weight excluding hydrogens is 402 g/mol. The number of morpholine rings is 1. The van der Waals surface area contributed by atoms with Gasteiger partial charge in [0, 0.05) is 51.7 Å². The molecule has 0 aliphatic carbocycles. The predicted molar refractivity (Wildman–Crippen MR) is 111 cm³/mol. The van der Waals surface area contributed by atoms with Crippen LogP contribution in [0.1, 0.15) is 0 Å². The van der Waals surface area contributed by atoms with Crippen LogP contribution >= 0.6 is 0 Å². The zero-order valence-corrected chi connectivity index (χ0v) is 16.9. The van der Waals surface area contributed by atoms with Gasteiger partial charge in [-0.05, 0) is 18.2 Å². The zero-order chi connectivity index (χ0) is 21.0. The van der Waals surface area contributed by atoms with Crippen LogP contribution < -0.4 is 15.1 Å². The summed E-state index contributed by atoms with van der Waals surface area (Å²) in [5, 5.41) is 22.4. The molecule has 2 fully saturated rings. The highest BCUT2D eigenvalue weighted by atomic mass is 16.5. The van der Waals surface area contributed by atoms with Crippen LogP contribution in [-0.2, 0) is 4.74 Å². The van der Waals surface area contributed by atoms with E-state index in [1.807, 2.05) is 29.3 Å². The van der Waals surface area contributed by atoms with E-state index in [4.69, 9.17) is 4.74 Å². The molecule has 0 saturated carbocycles. The maximum absolute atomic E-state index is 12.6. The number of ether oxygens (including phenoxy) is 1. The molecule has 0 spiro atoms. The quantitative estimate of drug-likeness (QED) is 0.591. The molecule has 0 radical (unpaired) electrons. The van der Waals surface area contributed by atoms with Gasteiger partial charge in [0.15, 0.2) is 11.6 Å². The Kier molecular flexibility index (Phi) is 5.31. The van der Waals surface area contributed by atoms with Gasteiger partial charge in [-0.2, -0.15) is 10.1 Å². The predicted octanol–water partition coefficient (Wildman–Crippen LogP) is -0.0289. The number of carbonyl (C=O) groups excluding carboxylic acids is 1. The van der Waals surface area contributed by atoms with Crippen LogP contribution in [0, 0.1) is 0 Å². The molecule has 0 unspecified atom stereocenters. The van der Waals surface area contributed by atoms with Crippen LogP contribution in [0.5, 0.6) is 0 Å². The number of amides is 2. The third-order valence-electron chi connectivity index (χ3n) is 5.26. The SMILES string of the molecule is O=C(Nc1nc(N2CCOCC2)n[nH]1)N1CCN(c2ccc(-n3cccn3)nn2)CC1. The number of urea groups is 1. The number of piperazine rings is 1. The van der Waals surface area contributed by atoms with Crippen molar-refractivity contribution in [2.45, 2.75) is 0 Å². The molecule has 2 aliphatic heterocycles. The van der Waals surface area contributed by atoms with Gasteiger partial charge in [0.2, 0.25) is 11.9 Å². The second kappa shape index (κ2) is 8.55. The molecule has 2 amide bonds. The number of nitrogens with one attached hydrogen (secondary N) is 2. The van der Waals surface area contributed by atoms with Gasteiger partial charge in [-0.25, -0.2) is 14.6 Å². The van der Waals surface area contributed by atoms with Crippen LogP contribution in [-0.4, -0.2) is 98.6 Å². The molecule has 2 aliphatic rings. The minimum Gasteiger partial charge on any atom is -0.378 e. The smallest absolute Gasteiger partial charge is 0.324 e. The van der Waals surface area contributed by atoms with Crippen molar-refractivity contribution in [3.05, 3.63) is 30.6 Å². The summed E-state index contributed by atoms with van der Waals surface area (Å²) in [6, 6.07) is 5.43. The van der Waals surface area contributed by atoms with Crippen molar-refractivity contribution >= 4 is 23.7 Å². The molecule has 13 nitrogen and oxygen atoms in total. The molecule has 0 atom stereocenters. The molecule has 0 bridgehead atoms. The Morgan fingerprint density at radius 1 is 1.00 bits per heavy atom. The summed E-state index contributed by atoms with van der Waals surface area (Å²) in [6.07, 6.45) is 3.52. The lowest BCUT2D eigenvalue weighted by Gasteiger charge is -2.34. The van der Waals surface area contributed by atoms with Crippen molar-refractivity contribution in [2.24, 2.45) is 0 Å². The maximum atomic E-state index is 12.6. The fourth-order valence-electron chi connectivity index (χ4n) is 3.55. The van der Waals surface area contributed by atoms with E-state index in [-0.39, 0.29) is 6.03 Å². The van der Waals surface area contributed by atoms with E-state index in [9.17, 15) is 4.79 Å². The van der Waals surface area contributed by atoms with E-state index in [0.717, 1.165) is 18.9 Å². The molecular formula is C18H23N11O2. The Hall–Kier alpha value is -3.74. The molecule has 3 aromatic heterocycles. The van der Waals surface area contributed by atoms with Crippen molar-refractivity contribution < 1.29 is 9.53 Å². The third kappa shape index (κ3) is 4.26. The average Bonchev–Trinajstić information content (AvgIpc) is 3.53. The van der Waals surface area contributed by atoms with E-state index in [2.05, 4.69) is 40.7 Å². The van der Waals surface area contributed by atoms with Gasteiger partial charge in [-0.3, -0.25) is 5.32 Å². The van der Waals surface area contributed by atoms with Gasteiger partial charge in [0.25, 0.3) is 0 Å². The number of hydrogen-bond acceptors (Lipinski definition) is 9. The lowest BCUT2D eigenvalue weighted by molar-refractivity contribution is 0.122. The minimum absolute atomic E-state index is 0.204. The second-order valence-corrected chi connectivity index (χ2v) is 7.19. The van der Waals surface area contributed by atoms with Crippen LogP contribution in [0.25, 0.3) is 5.82 Å². The Morgan fingerprint density at radius 2 is 1.77 bits per heavy atom. The molecule has 2 saturated heterocycles. The summed E-state index contributed by atoms with van der Waals surface area (Å²) >= 11 is 0. The summed E-state index contributed by atoms with van der Waals surface area (Å²) < 4.78 is 6.99. The molecule has 2 N–H and O–H groups in total. The number of carbonyl (C=O) groups is 1. The summed E-state index contributed by atoms with van der Waals surface area (Å²) in [7, 11) is 0. The lowest BCUT2D eigenvalue weighted by atomic mass is 10.3. The Balaban J connectivity index is 1.13. The van der Waals surface area contributed by atoms with Crippen molar-refractivity contribution in [3.8, 4) is 5.82 Å². The fraction of sp³-hybridized carbons (Fsp3) is 0.444. The number of rotatable bonds is 4. The van der Waals surface area contributed by atoms with E-state index in [1.165, 1.54) is 0 Å². The molecule has 3 aromatic rings. The molecule has 5 rings (SSSR count). The second-order valence-electron chi connectivity index (χ2n) is 7.19. The van der Waals surface area contributed by atoms with Crippen molar-refractivity contribution in [1.82, 2.24) is 40.1 Å². The fourth-order valence-corrected chi connectivity index (χ4v) is 3.55. The maximum Gasteiger partial charge on any atom is 0.324 e. The summed E-state index contributed by atoms with van der Waals surface area (Å²) in [5.41, 5.74) is 0. The summed E-state index contributed by atoms with van der Waals surface area (Å²) in [4.78, 5) is 22.9. The first kappa shape index (κ1) is 19.2. The van der Waals surface area contributed by atoms with Gasteiger partial charge in [-0.1, -0.05) is 0 Å². The number of aromatic nitrogens is 7. The van der Waals surface area contributed by atoms with E-state index in [0.29, 0.717) is 57.1 Å². The standard InChI is InChI=1S/C18H23N11O2/c30-18(21-16-20-17(25-24-16)27-10-12-31-13-11-27)28-8-6-26(7-9-28)14-2-3-15(23-22-14)29-5-1-4-19-29/h1-5H,6-13H2,(H2,20,21,24,25,30). The Bertz CT molecular complexity index is 990. The van der Waals surface area contributed by atoms with Gasteiger partial charge < -0.3 is 19.4 Å². The van der Waals surface area contributed by atoms with E-state index >= 15 is 0 Å². The van der Waals surface area contributed by atoms with Crippen LogP contribution in [0.2, 0.25) is 0 Å².